The van der Waals surface area contributed by atoms with E-state index >= 15 is 0 Å². The fraction of sp³-hybridized carbons (Fsp3) is 0.476. The fourth-order valence-corrected chi connectivity index (χ4v) is 5.44. The Bertz CT molecular complexity index is 844. The molecule has 1 unspecified atom stereocenters. The van der Waals surface area contributed by atoms with Gasteiger partial charge in [-0.05, 0) is 53.0 Å². The van der Waals surface area contributed by atoms with Crippen molar-refractivity contribution in [3.8, 4) is 10.4 Å². The zero-order chi connectivity index (χ0) is 17.8. The van der Waals surface area contributed by atoms with E-state index in [0.717, 1.165) is 30.8 Å². The molecule has 1 aliphatic heterocycles. The quantitative estimate of drug-likeness (QED) is 0.821. The van der Waals surface area contributed by atoms with E-state index in [1.807, 2.05) is 4.90 Å². The van der Waals surface area contributed by atoms with Crippen molar-refractivity contribution in [3.63, 3.8) is 0 Å². The van der Waals surface area contributed by atoms with E-state index < -0.39 is 0 Å². The van der Waals surface area contributed by atoms with E-state index in [0.29, 0.717) is 6.54 Å². The van der Waals surface area contributed by atoms with Crippen LogP contribution in [0.2, 0.25) is 0 Å². The van der Waals surface area contributed by atoms with Gasteiger partial charge in [0.05, 0.1) is 4.88 Å². The molecular weight excluding hydrogens is 364 g/mol. The van der Waals surface area contributed by atoms with Gasteiger partial charge in [0.25, 0.3) is 5.91 Å². The third-order valence-corrected chi connectivity index (χ3v) is 7.09. The highest BCUT2D eigenvalue weighted by Crippen LogP contribution is 2.47. The first-order valence-corrected chi connectivity index (χ1v) is 9.87. The van der Waals surface area contributed by atoms with Crippen LogP contribution in [0.15, 0.2) is 30.3 Å². The predicted molar refractivity (Wildman–Crippen MR) is 111 cm³/mol. The normalized spacial score (nSPS) is 23.2. The van der Waals surface area contributed by atoms with Crippen molar-refractivity contribution in [2.45, 2.75) is 39.0 Å². The van der Waals surface area contributed by atoms with E-state index in [9.17, 15) is 4.79 Å². The first kappa shape index (κ1) is 19.4. The summed E-state index contributed by atoms with van der Waals surface area (Å²) in [6, 6.07) is 10.8. The van der Waals surface area contributed by atoms with Crippen LogP contribution < -0.4 is 5.73 Å². The molecule has 1 fully saturated rings. The summed E-state index contributed by atoms with van der Waals surface area (Å²) in [5.74, 6) is 0.173. The predicted octanol–water partition coefficient (Wildman–Crippen LogP) is 4.48. The summed E-state index contributed by atoms with van der Waals surface area (Å²) in [7, 11) is 0. The largest absolute Gasteiger partial charge is 0.337 e. The molecule has 1 saturated heterocycles. The molecule has 0 saturated carbocycles. The molecular formula is C21H27ClN2OS. The average molecular weight is 391 g/mol. The lowest BCUT2D eigenvalue weighted by molar-refractivity contribution is 0.0781. The minimum Gasteiger partial charge on any atom is -0.337 e. The highest BCUT2D eigenvalue weighted by molar-refractivity contribution is 7.17. The molecule has 2 N–H and O–H groups in total. The van der Waals surface area contributed by atoms with Crippen LogP contribution in [0.5, 0.6) is 0 Å². The Morgan fingerprint density at radius 2 is 2.00 bits per heavy atom. The van der Waals surface area contributed by atoms with Crippen molar-refractivity contribution in [1.82, 2.24) is 4.90 Å². The number of halogens is 1. The summed E-state index contributed by atoms with van der Waals surface area (Å²) < 4.78 is 0. The number of nitrogens with zero attached hydrogens (tertiary/aromatic N) is 1. The van der Waals surface area contributed by atoms with Gasteiger partial charge in [0.2, 0.25) is 0 Å². The van der Waals surface area contributed by atoms with E-state index in [1.165, 1.54) is 21.6 Å². The maximum Gasteiger partial charge on any atom is 0.263 e. The van der Waals surface area contributed by atoms with Gasteiger partial charge in [-0.25, -0.2) is 0 Å². The summed E-state index contributed by atoms with van der Waals surface area (Å²) in [6.45, 7) is 8.99. The highest BCUT2D eigenvalue weighted by atomic mass is 35.5. The number of rotatable bonds is 2. The van der Waals surface area contributed by atoms with Crippen LogP contribution in [0.25, 0.3) is 10.4 Å². The number of carbonyl (C=O) groups excluding carboxylic acids is 1. The maximum absolute atomic E-state index is 13.0. The molecule has 4 rings (SSSR count). The summed E-state index contributed by atoms with van der Waals surface area (Å²) in [5, 5.41) is 0. The lowest BCUT2D eigenvalue weighted by Gasteiger charge is -2.32. The van der Waals surface area contributed by atoms with Crippen LogP contribution in [-0.2, 0) is 11.8 Å². The molecule has 1 aromatic heterocycles. The molecule has 2 heterocycles. The second-order valence-corrected chi connectivity index (χ2v) is 9.61. The summed E-state index contributed by atoms with van der Waals surface area (Å²) in [4.78, 5) is 17.2. The second kappa shape index (κ2) is 6.66. The van der Waals surface area contributed by atoms with E-state index in [-0.39, 0.29) is 29.1 Å². The van der Waals surface area contributed by atoms with Crippen molar-refractivity contribution in [2.75, 3.05) is 19.6 Å². The smallest absolute Gasteiger partial charge is 0.263 e. The zero-order valence-electron chi connectivity index (χ0n) is 15.7. The Kier molecular flexibility index (Phi) is 4.97. The van der Waals surface area contributed by atoms with Crippen molar-refractivity contribution in [3.05, 3.63) is 46.3 Å². The molecule has 2 aromatic rings. The van der Waals surface area contributed by atoms with Crippen molar-refractivity contribution < 1.29 is 4.79 Å². The van der Waals surface area contributed by atoms with Gasteiger partial charge < -0.3 is 10.6 Å². The first-order chi connectivity index (χ1) is 11.8. The monoisotopic (exact) mass is 390 g/mol. The number of hydrogen-bond donors (Lipinski definition) is 1. The Morgan fingerprint density at radius 1 is 1.27 bits per heavy atom. The van der Waals surface area contributed by atoms with E-state index in [2.05, 4.69) is 51.1 Å². The molecule has 2 aliphatic rings. The Hall–Kier alpha value is -1.36. The topological polar surface area (TPSA) is 46.3 Å². The summed E-state index contributed by atoms with van der Waals surface area (Å²) in [6.07, 6.45) is 1.99. The number of amides is 1. The number of nitrogens with two attached hydrogens (primary N) is 1. The Labute approximate surface area is 166 Å². The minimum absolute atomic E-state index is 0. The molecule has 1 aromatic carbocycles. The van der Waals surface area contributed by atoms with Crippen LogP contribution in [-0.4, -0.2) is 30.4 Å². The maximum atomic E-state index is 13.0. The van der Waals surface area contributed by atoms with Gasteiger partial charge in [-0.15, -0.1) is 23.7 Å². The standard InChI is InChI=1S/C21H26N2OS.ClH/c1-20(2)11-14-10-17(19(24)23-9-8-21(3,12-22)13-23)25-18(14)15-6-4-5-7-16(15)20;/h4-7,10H,8-9,11-13,22H2,1-3H3;1H. The molecule has 5 heteroatoms. The van der Waals surface area contributed by atoms with Crippen LogP contribution in [0.1, 0.15) is 48.0 Å². The lowest BCUT2D eigenvalue weighted by Crippen LogP contribution is -2.34. The molecule has 3 nitrogen and oxygen atoms in total. The number of thiophene rings is 1. The lowest BCUT2D eigenvalue weighted by atomic mass is 9.73. The van der Waals surface area contributed by atoms with Gasteiger partial charge in [-0.1, -0.05) is 45.0 Å². The van der Waals surface area contributed by atoms with Crippen LogP contribution >= 0.6 is 23.7 Å². The van der Waals surface area contributed by atoms with Crippen LogP contribution in [0, 0.1) is 5.41 Å². The van der Waals surface area contributed by atoms with Gasteiger partial charge in [0, 0.05) is 18.0 Å². The summed E-state index contributed by atoms with van der Waals surface area (Å²) in [5.41, 5.74) is 10.1. The molecule has 0 spiro atoms. The van der Waals surface area contributed by atoms with Crippen molar-refractivity contribution >= 4 is 29.7 Å². The average Bonchev–Trinajstić information content (AvgIpc) is 3.18. The molecule has 26 heavy (non-hydrogen) atoms. The molecule has 1 amide bonds. The molecule has 1 aliphatic carbocycles. The minimum atomic E-state index is 0. The number of benzene rings is 1. The first-order valence-electron chi connectivity index (χ1n) is 9.05. The molecule has 0 bridgehead atoms. The third kappa shape index (κ3) is 3.08. The van der Waals surface area contributed by atoms with E-state index in [1.54, 1.807) is 11.3 Å². The Balaban J connectivity index is 0.00000196. The van der Waals surface area contributed by atoms with Crippen LogP contribution in [0.4, 0.5) is 0 Å². The van der Waals surface area contributed by atoms with Crippen molar-refractivity contribution in [1.29, 1.82) is 0 Å². The molecule has 1 atom stereocenters. The number of carbonyl (C=O) groups is 1. The molecule has 140 valence electrons. The SMILES string of the molecule is CC1(CN)CCN(C(=O)c2cc3c(s2)-c2ccccc2C(C)(C)C3)C1.Cl. The second-order valence-electron chi connectivity index (χ2n) is 8.56. The Morgan fingerprint density at radius 3 is 2.69 bits per heavy atom. The third-order valence-electron chi connectivity index (χ3n) is 5.89. The van der Waals surface area contributed by atoms with Crippen LogP contribution in [0.3, 0.4) is 0 Å². The van der Waals surface area contributed by atoms with Gasteiger partial charge in [-0.3, -0.25) is 4.79 Å². The summed E-state index contributed by atoms with van der Waals surface area (Å²) >= 11 is 1.66. The van der Waals surface area contributed by atoms with Gasteiger partial charge >= 0.3 is 0 Å². The van der Waals surface area contributed by atoms with Gasteiger partial charge in [0.15, 0.2) is 0 Å². The van der Waals surface area contributed by atoms with Crippen molar-refractivity contribution in [2.24, 2.45) is 11.1 Å². The molecule has 0 radical (unpaired) electrons. The number of fused-ring (bicyclic) bond motifs is 3. The highest BCUT2D eigenvalue weighted by Gasteiger charge is 2.37. The number of hydrogen-bond acceptors (Lipinski definition) is 3. The van der Waals surface area contributed by atoms with E-state index in [4.69, 9.17) is 5.73 Å². The van der Waals surface area contributed by atoms with Gasteiger partial charge in [0.1, 0.15) is 0 Å². The number of likely N-dealkylation sites (tertiary alicyclic amines) is 1. The zero-order valence-corrected chi connectivity index (χ0v) is 17.3. The van der Waals surface area contributed by atoms with Gasteiger partial charge in [-0.2, -0.15) is 0 Å². The fourth-order valence-electron chi connectivity index (χ4n) is 4.26.